The molecule has 28 heavy (non-hydrogen) atoms. The lowest BCUT2D eigenvalue weighted by Crippen LogP contribution is -2.16. The minimum atomic E-state index is -4.80. The van der Waals surface area contributed by atoms with Gasteiger partial charge in [0.2, 0.25) is 5.76 Å². The standard InChI is InChI=1S/C18H9BrClF3N2O3/c19-13-12(7-24)14(9-1-3-11(20)4-2-9)25(16(13)18(21,22)23)8-10-5-6-28-15(10)17(26)27/h1-6H,8H2,(H,26,27). The highest BCUT2D eigenvalue weighted by Gasteiger charge is 2.41. The molecule has 0 saturated heterocycles. The molecule has 2 aromatic heterocycles. The highest BCUT2D eigenvalue weighted by Crippen LogP contribution is 2.43. The van der Waals surface area contributed by atoms with Crippen molar-refractivity contribution in [2.24, 2.45) is 0 Å². The van der Waals surface area contributed by atoms with Crippen LogP contribution in [0.3, 0.4) is 0 Å². The Morgan fingerprint density at radius 2 is 1.93 bits per heavy atom. The summed E-state index contributed by atoms with van der Waals surface area (Å²) in [4.78, 5) is 11.3. The minimum Gasteiger partial charge on any atom is -0.475 e. The second kappa shape index (κ2) is 7.37. The van der Waals surface area contributed by atoms with Crippen molar-refractivity contribution < 1.29 is 27.5 Å². The highest BCUT2D eigenvalue weighted by atomic mass is 79.9. The molecule has 0 saturated carbocycles. The third-order valence-electron chi connectivity index (χ3n) is 3.97. The molecule has 144 valence electrons. The number of carbonyl (C=O) groups is 1. The van der Waals surface area contributed by atoms with Gasteiger partial charge in [0.05, 0.1) is 28.5 Å². The Labute approximate surface area is 169 Å². The van der Waals surface area contributed by atoms with Crippen LogP contribution in [-0.4, -0.2) is 15.6 Å². The molecule has 1 aromatic carbocycles. The number of carboxylic acids is 1. The molecular weight excluding hydrogens is 465 g/mol. The third-order valence-corrected chi connectivity index (χ3v) is 5.00. The van der Waals surface area contributed by atoms with Gasteiger partial charge in [-0.2, -0.15) is 18.4 Å². The molecule has 0 unspecified atom stereocenters. The van der Waals surface area contributed by atoms with E-state index in [1.165, 1.54) is 30.3 Å². The summed E-state index contributed by atoms with van der Waals surface area (Å²) in [5.74, 6) is -1.88. The molecule has 0 fully saturated rings. The van der Waals surface area contributed by atoms with Crippen molar-refractivity contribution in [3.63, 3.8) is 0 Å². The van der Waals surface area contributed by atoms with E-state index < -0.39 is 34.6 Å². The highest BCUT2D eigenvalue weighted by molar-refractivity contribution is 9.10. The molecule has 0 amide bonds. The fraction of sp³-hybridized carbons (Fsp3) is 0.111. The molecule has 0 aliphatic heterocycles. The summed E-state index contributed by atoms with van der Waals surface area (Å²) in [6.45, 7) is -0.467. The van der Waals surface area contributed by atoms with E-state index >= 15 is 0 Å². The number of alkyl halides is 3. The first-order chi connectivity index (χ1) is 13.1. The van der Waals surface area contributed by atoms with E-state index in [2.05, 4.69) is 15.9 Å². The Bertz CT molecular complexity index is 1100. The van der Waals surface area contributed by atoms with Crippen molar-refractivity contribution in [1.82, 2.24) is 4.57 Å². The Morgan fingerprint density at radius 1 is 1.29 bits per heavy atom. The summed E-state index contributed by atoms with van der Waals surface area (Å²) in [5.41, 5.74) is -1.00. The van der Waals surface area contributed by atoms with Crippen LogP contribution in [0.15, 0.2) is 45.5 Å². The predicted octanol–water partition coefficient (Wildman–Crippen LogP) is 5.80. The monoisotopic (exact) mass is 472 g/mol. The van der Waals surface area contributed by atoms with Crippen LogP contribution < -0.4 is 0 Å². The van der Waals surface area contributed by atoms with Crippen LogP contribution in [0.4, 0.5) is 13.2 Å². The summed E-state index contributed by atoms with van der Waals surface area (Å²) in [5, 5.41) is 19.0. The zero-order chi connectivity index (χ0) is 20.6. The molecule has 0 spiro atoms. The fourth-order valence-corrected chi connectivity index (χ4v) is 3.69. The largest absolute Gasteiger partial charge is 0.475 e. The molecular formula is C18H9BrClF3N2O3. The molecule has 1 N–H and O–H groups in total. The van der Waals surface area contributed by atoms with Gasteiger partial charge in [-0.3, -0.25) is 0 Å². The van der Waals surface area contributed by atoms with Gasteiger partial charge in [-0.1, -0.05) is 23.7 Å². The van der Waals surface area contributed by atoms with Crippen LogP contribution in [0.25, 0.3) is 11.3 Å². The number of nitriles is 1. The van der Waals surface area contributed by atoms with Crippen molar-refractivity contribution in [1.29, 1.82) is 5.26 Å². The quantitative estimate of drug-likeness (QED) is 0.519. The summed E-state index contributed by atoms with van der Waals surface area (Å²) in [7, 11) is 0. The number of hydrogen-bond donors (Lipinski definition) is 1. The number of halogens is 5. The van der Waals surface area contributed by atoms with Gasteiger partial charge in [0.1, 0.15) is 11.8 Å². The molecule has 3 rings (SSSR count). The smallest absolute Gasteiger partial charge is 0.432 e. The topological polar surface area (TPSA) is 79.2 Å². The third kappa shape index (κ3) is 3.53. The van der Waals surface area contributed by atoms with Crippen LogP contribution in [-0.2, 0) is 12.7 Å². The summed E-state index contributed by atoms with van der Waals surface area (Å²) >= 11 is 8.74. The second-order valence-electron chi connectivity index (χ2n) is 5.67. The van der Waals surface area contributed by atoms with Crippen molar-refractivity contribution >= 4 is 33.5 Å². The van der Waals surface area contributed by atoms with Crippen LogP contribution in [0.5, 0.6) is 0 Å². The van der Waals surface area contributed by atoms with Crippen LogP contribution in [0.2, 0.25) is 5.02 Å². The molecule has 10 heteroatoms. The normalized spacial score (nSPS) is 11.4. The van der Waals surface area contributed by atoms with Crippen LogP contribution >= 0.6 is 27.5 Å². The lowest BCUT2D eigenvalue weighted by Gasteiger charge is -2.15. The van der Waals surface area contributed by atoms with Gasteiger partial charge in [0, 0.05) is 10.6 Å². The Kier molecular flexibility index (Phi) is 5.28. The number of aromatic carboxylic acids is 1. The van der Waals surface area contributed by atoms with Crippen LogP contribution in [0, 0.1) is 11.3 Å². The molecule has 0 bridgehead atoms. The maximum absolute atomic E-state index is 13.8. The summed E-state index contributed by atoms with van der Waals surface area (Å²) in [6, 6.07) is 8.99. The summed E-state index contributed by atoms with van der Waals surface area (Å²) < 4.78 is 46.6. The van der Waals surface area contributed by atoms with Crippen molar-refractivity contribution in [3.05, 3.63) is 68.7 Å². The zero-order valence-corrected chi connectivity index (χ0v) is 16.1. The summed E-state index contributed by atoms with van der Waals surface area (Å²) in [6.07, 6.45) is -3.72. The molecule has 0 aliphatic rings. The van der Waals surface area contributed by atoms with Crippen LogP contribution in [0.1, 0.15) is 27.4 Å². The Morgan fingerprint density at radius 3 is 2.46 bits per heavy atom. The molecule has 3 aromatic rings. The average molecular weight is 474 g/mol. The molecule has 0 aliphatic carbocycles. The molecule has 0 atom stereocenters. The van der Waals surface area contributed by atoms with E-state index in [0.29, 0.717) is 10.6 Å². The lowest BCUT2D eigenvalue weighted by atomic mass is 10.1. The number of hydrogen-bond acceptors (Lipinski definition) is 3. The lowest BCUT2D eigenvalue weighted by molar-refractivity contribution is -0.143. The maximum Gasteiger partial charge on any atom is 0.432 e. The van der Waals surface area contributed by atoms with Gasteiger partial charge in [-0.05, 0) is 39.7 Å². The Hall–Kier alpha value is -2.70. The number of carboxylic acid groups (broad SMARTS) is 1. The number of rotatable bonds is 4. The van der Waals surface area contributed by atoms with Gasteiger partial charge in [-0.15, -0.1) is 0 Å². The van der Waals surface area contributed by atoms with E-state index in [-0.39, 0.29) is 16.8 Å². The first-order valence-corrected chi connectivity index (χ1v) is 8.77. The first kappa shape index (κ1) is 20.0. The van der Waals surface area contributed by atoms with E-state index in [9.17, 15) is 28.3 Å². The number of furan rings is 1. The average Bonchev–Trinajstić information content (AvgIpc) is 3.17. The predicted molar refractivity (Wildman–Crippen MR) is 97.1 cm³/mol. The number of aromatic nitrogens is 1. The maximum atomic E-state index is 13.8. The molecule has 5 nitrogen and oxygen atoms in total. The van der Waals surface area contributed by atoms with Gasteiger partial charge in [0.15, 0.2) is 0 Å². The number of benzene rings is 1. The van der Waals surface area contributed by atoms with E-state index in [4.69, 9.17) is 16.0 Å². The SMILES string of the molecule is N#Cc1c(Br)c(C(F)(F)F)n(Cc2ccoc2C(=O)O)c1-c1ccc(Cl)cc1. The number of nitrogens with zero attached hydrogens (tertiary/aromatic N) is 2. The zero-order valence-electron chi connectivity index (χ0n) is 13.7. The van der Waals surface area contributed by atoms with Gasteiger partial charge < -0.3 is 14.1 Å². The Balaban J connectivity index is 2.32. The van der Waals surface area contributed by atoms with Gasteiger partial charge in [-0.25, -0.2) is 4.79 Å². The van der Waals surface area contributed by atoms with Crippen molar-refractivity contribution in [2.45, 2.75) is 12.7 Å². The molecule has 2 heterocycles. The fourth-order valence-electron chi connectivity index (χ4n) is 2.85. The van der Waals surface area contributed by atoms with Gasteiger partial charge in [0.25, 0.3) is 0 Å². The van der Waals surface area contributed by atoms with E-state index in [1.807, 2.05) is 0 Å². The van der Waals surface area contributed by atoms with Crippen molar-refractivity contribution in [3.8, 4) is 17.3 Å². The minimum absolute atomic E-state index is 0.0177. The van der Waals surface area contributed by atoms with E-state index in [0.717, 1.165) is 10.8 Å². The van der Waals surface area contributed by atoms with Gasteiger partial charge >= 0.3 is 12.1 Å². The second-order valence-corrected chi connectivity index (χ2v) is 6.90. The van der Waals surface area contributed by atoms with Crippen molar-refractivity contribution in [2.75, 3.05) is 0 Å². The van der Waals surface area contributed by atoms with E-state index in [1.54, 1.807) is 6.07 Å². The molecule has 0 radical (unpaired) electrons. The first-order valence-electron chi connectivity index (χ1n) is 7.60.